The van der Waals surface area contributed by atoms with Crippen LogP contribution in [0.15, 0.2) is 34.5 Å². The zero-order valence-electron chi connectivity index (χ0n) is 15.9. The molecule has 1 aromatic carbocycles. The van der Waals surface area contributed by atoms with Crippen LogP contribution in [-0.2, 0) is 15.8 Å². The van der Waals surface area contributed by atoms with E-state index in [1.807, 2.05) is 29.6 Å². The molecule has 0 radical (unpaired) electrons. The van der Waals surface area contributed by atoms with Gasteiger partial charge in [-0.3, -0.25) is 4.79 Å². The number of rotatable bonds is 7. The van der Waals surface area contributed by atoms with Gasteiger partial charge in [-0.1, -0.05) is 31.9 Å². The first-order valence-corrected chi connectivity index (χ1v) is 11.6. The van der Waals surface area contributed by atoms with Crippen LogP contribution >= 0.6 is 11.3 Å². The number of benzene rings is 1. The highest BCUT2D eigenvalue weighted by Crippen LogP contribution is 2.27. The zero-order valence-corrected chi connectivity index (χ0v) is 17.6. The summed E-state index contributed by atoms with van der Waals surface area (Å²) in [6.07, 6.45) is 5.85. The van der Waals surface area contributed by atoms with Gasteiger partial charge in [-0.25, -0.2) is 13.5 Å². The summed E-state index contributed by atoms with van der Waals surface area (Å²) in [6, 6.07) is 8.12. The lowest BCUT2D eigenvalue weighted by Gasteiger charge is -2.31. The van der Waals surface area contributed by atoms with Gasteiger partial charge < -0.3 is 5.32 Å². The molecule has 1 aromatic heterocycles. The van der Waals surface area contributed by atoms with Gasteiger partial charge in [-0.15, -0.1) is 11.3 Å². The molecule has 27 heavy (non-hydrogen) atoms. The summed E-state index contributed by atoms with van der Waals surface area (Å²) in [4.78, 5) is 17.2. The first kappa shape index (κ1) is 20.2. The molecule has 0 spiro atoms. The minimum absolute atomic E-state index is 0.0131. The van der Waals surface area contributed by atoms with E-state index >= 15 is 0 Å². The summed E-state index contributed by atoms with van der Waals surface area (Å²) >= 11 is 1.43. The van der Waals surface area contributed by atoms with Gasteiger partial charge in [0.05, 0.1) is 10.6 Å². The number of aromatic nitrogens is 1. The van der Waals surface area contributed by atoms with E-state index in [4.69, 9.17) is 0 Å². The average molecular weight is 406 g/mol. The minimum atomic E-state index is -1.11. The molecule has 2 atom stereocenters. The second kappa shape index (κ2) is 9.57. The Morgan fingerprint density at radius 3 is 2.81 bits per heavy atom. The number of nitrogens with zero attached hydrogens (tertiary/aromatic N) is 2. The topological polar surface area (TPSA) is 62.3 Å². The van der Waals surface area contributed by atoms with E-state index in [2.05, 4.69) is 28.5 Å². The SMILES string of the molecule is CCCCC(=O)Nc1nc(-c2ccc(S(=O)N3CCCCC3C)cc2)cs1. The Hall–Kier alpha value is -1.57. The van der Waals surface area contributed by atoms with Gasteiger partial charge >= 0.3 is 0 Å². The van der Waals surface area contributed by atoms with Gasteiger partial charge in [0.2, 0.25) is 5.91 Å². The second-order valence-corrected chi connectivity index (χ2v) is 9.25. The number of carbonyl (C=O) groups excluding carboxylic acids is 1. The zero-order chi connectivity index (χ0) is 19.2. The van der Waals surface area contributed by atoms with Crippen LogP contribution in [0.5, 0.6) is 0 Å². The standard InChI is InChI=1S/C20H27N3O2S2/c1-3-4-8-19(24)22-20-21-18(14-26-20)16-9-11-17(12-10-16)27(25)23-13-6-5-7-15(23)2/h9-12,14-15H,3-8,13H2,1-2H3,(H,21,22,24). The number of carbonyl (C=O) groups is 1. The average Bonchev–Trinajstić information content (AvgIpc) is 3.15. The van der Waals surface area contributed by atoms with Crippen LogP contribution in [0.25, 0.3) is 11.3 Å². The van der Waals surface area contributed by atoms with E-state index in [1.54, 1.807) is 0 Å². The predicted octanol–water partition coefficient (Wildman–Crippen LogP) is 4.84. The van der Waals surface area contributed by atoms with Crippen molar-refractivity contribution in [2.24, 2.45) is 0 Å². The van der Waals surface area contributed by atoms with Crippen molar-refractivity contribution in [1.82, 2.24) is 9.29 Å². The lowest BCUT2D eigenvalue weighted by molar-refractivity contribution is -0.116. The van der Waals surface area contributed by atoms with Crippen molar-refractivity contribution in [3.8, 4) is 11.3 Å². The van der Waals surface area contributed by atoms with E-state index in [0.717, 1.165) is 48.4 Å². The van der Waals surface area contributed by atoms with Gasteiger partial charge in [0.25, 0.3) is 0 Å². The number of unbranched alkanes of at least 4 members (excludes halogenated alkanes) is 1. The molecule has 0 bridgehead atoms. The van der Waals surface area contributed by atoms with Gasteiger partial charge in [-0.05, 0) is 38.3 Å². The maximum Gasteiger partial charge on any atom is 0.226 e. The van der Waals surface area contributed by atoms with Crippen LogP contribution < -0.4 is 5.32 Å². The molecular weight excluding hydrogens is 378 g/mol. The van der Waals surface area contributed by atoms with Gasteiger partial charge in [0, 0.05) is 30.0 Å². The lowest BCUT2D eigenvalue weighted by atomic mass is 10.1. The normalized spacial score (nSPS) is 19.0. The van der Waals surface area contributed by atoms with Gasteiger partial charge in [-0.2, -0.15) is 0 Å². The molecule has 1 saturated heterocycles. The number of thiazole rings is 1. The Morgan fingerprint density at radius 2 is 2.11 bits per heavy atom. The molecule has 5 nitrogen and oxygen atoms in total. The van der Waals surface area contributed by atoms with E-state index in [0.29, 0.717) is 17.6 Å². The Bertz CT molecular complexity index is 789. The van der Waals surface area contributed by atoms with Crippen LogP contribution in [0, 0.1) is 0 Å². The summed E-state index contributed by atoms with van der Waals surface area (Å²) in [5.41, 5.74) is 1.79. The van der Waals surface area contributed by atoms with Crippen LogP contribution in [0.4, 0.5) is 5.13 Å². The molecular formula is C20H27N3O2S2. The van der Waals surface area contributed by atoms with E-state index in [-0.39, 0.29) is 5.91 Å². The third-order valence-corrected chi connectivity index (χ3v) is 7.22. The fourth-order valence-corrected chi connectivity index (χ4v) is 5.28. The minimum Gasteiger partial charge on any atom is -0.302 e. The van der Waals surface area contributed by atoms with Gasteiger partial charge in [0.15, 0.2) is 5.13 Å². The van der Waals surface area contributed by atoms with Crippen LogP contribution in [0.3, 0.4) is 0 Å². The first-order valence-electron chi connectivity index (χ1n) is 9.63. The van der Waals surface area contributed by atoms with Crippen molar-refractivity contribution in [3.05, 3.63) is 29.6 Å². The maximum atomic E-state index is 12.8. The number of hydrogen-bond donors (Lipinski definition) is 1. The van der Waals surface area contributed by atoms with Crippen molar-refractivity contribution in [2.45, 2.75) is 63.3 Å². The quantitative estimate of drug-likeness (QED) is 0.717. The molecule has 3 rings (SSSR count). The number of hydrogen-bond acceptors (Lipinski definition) is 4. The fraction of sp³-hybridized carbons (Fsp3) is 0.500. The fourth-order valence-electron chi connectivity index (χ4n) is 3.18. The molecule has 7 heteroatoms. The van der Waals surface area contributed by atoms with Gasteiger partial charge in [0.1, 0.15) is 11.0 Å². The van der Waals surface area contributed by atoms with E-state index < -0.39 is 11.0 Å². The van der Waals surface area contributed by atoms with E-state index in [1.165, 1.54) is 17.8 Å². The monoisotopic (exact) mass is 405 g/mol. The molecule has 0 saturated carbocycles. The largest absolute Gasteiger partial charge is 0.302 e. The molecule has 2 aromatic rings. The summed E-state index contributed by atoms with van der Waals surface area (Å²) in [7, 11) is -1.11. The summed E-state index contributed by atoms with van der Waals surface area (Å²) < 4.78 is 14.9. The molecule has 1 aliphatic heterocycles. The molecule has 1 N–H and O–H groups in total. The number of amides is 1. The molecule has 1 fully saturated rings. The number of nitrogens with one attached hydrogen (secondary N) is 1. The lowest BCUT2D eigenvalue weighted by Crippen LogP contribution is -2.38. The Morgan fingerprint density at radius 1 is 1.33 bits per heavy atom. The Labute approximate surface area is 167 Å². The highest BCUT2D eigenvalue weighted by atomic mass is 32.2. The first-order chi connectivity index (χ1) is 13.1. The summed E-state index contributed by atoms with van der Waals surface area (Å²) in [5, 5.41) is 5.42. The Kier molecular flexibility index (Phi) is 7.15. The van der Waals surface area contributed by atoms with Crippen molar-refractivity contribution in [3.63, 3.8) is 0 Å². The van der Waals surface area contributed by atoms with E-state index in [9.17, 15) is 9.00 Å². The molecule has 146 valence electrons. The van der Waals surface area contributed by atoms with Crippen molar-refractivity contribution in [2.75, 3.05) is 11.9 Å². The molecule has 0 aliphatic carbocycles. The third-order valence-electron chi connectivity index (χ3n) is 4.81. The maximum absolute atomic E-state index is 12.8. The van der Waals surface area contributed by atoms with Crippen molar-refractivity contribution < 1.29 is 9.00 Å². The van der Waals surface area contributed by atoms with Crippen LogP contribution in [0.1, 0.15) is 52.4 Å². The third kappa shape index (κ3) is 5.24. The van der Waals surface area contributed by atoms with Crippen molar-refractivity contribution in [1.29, 1.82) is 0 Å². The predicted molar refractivity (Wildman–Crippen MR) is 112 cm³/mol. The molecule has 1 amide bonds. The summed E-state index contributed by atoms with van der Waals surface area (Å²) in [5.74, 6) is 0.0131. The molecule has 2 unspecified atom stereocenters. The number of anilines is 1. The smallest absolute Gasteiger partial charge is 0.226 e. The number of piperidine rings is 1. The molecule has 1 aliphatic rings. The Balaban J connectivity index is 1.65. The molecule has 2 heterocycles. The second-order valence-electron chi connectivity index (χ2n) is 6.95. The highest BCUT2D eigenvalue weighted by molar-refractivity contribution is 7.82. The summed E-state index contributed by atoms with van der Waals surface area (Å²) in [6.45, 7) is 5.11. The van der Waals surface area contributed by atoms with Crippen LogP contribution in [-0.4, -0.2) is 32.0 Å². The highest BCUT2D eigenvalue weighted by Gasteiger charge is 2.24. The van der Waals surface area contributed by atoms with Crippen LogP contribution in [0.2, 0.25) is 0 Å². The van der Waals surface area contributed by atoms with Crippen molar-refractivity contribution >= 4 is 33.4 Å².